The Kier molecular flexibility index (Phi) is 7.21. The lowest BCUT2D eigenvalue weighted by Crippen LogP contribution is -2.20. The first-order valence-electron chi connectivity index (χ1n) is 8.99. The minimum atomic E-state index is -3.83. The maximum absolute atomic E-state index is 12.8. The van der Waals surface area contributed by atoms with Crippen molar-refractivity contribution in [2.45, 2.75) is 4.90 Å². The number of halogens is 1. The molecule has 7 nitrogen and oxygen atoms in total. The predicted octanol–water partition coefficient (Wildman–Crippen LogP) is 4.97. The molecule has 0 spiro atoms. The first kappa shape index (κ1) is 22.7. The Morgan fingerprint density at radius 1 is 0.903 bits per heavy atom. The monoisotopic (exact) mass is 477 g/mol. The van der Waals surface area contributed by atoms with E-state index in [1.165, 1.54) is 26.4 Å². The van der Waals surface area contributed by atoms with Crippen LogP contribution in [0.2, 0.25) is 5.02 Å². The van der Waals surface area contributed by atoms with Crippen molar-refractivity contribution in [1.29, 1.82) is 0 Å². The van der Waals surface area contributed by atoms with Gasteiger partial charge in [0.15, 0.2) is 5.11 Å². The molecule has 0 aliphatic carbocycles. The normalized spacial score (nSPS) is 10.8. The largest absolute Gasteiger partial charge is 0.497 e. The average Bonchev–Trinajstić information content (AvgIpc) is 2.74. The topological polar surface area (TPSA) is 88.7 Å². The number of ether oxygens (including phenoxy) is 2. The SMILES string of the molecule is COc1ccc(NS(=O)(=O)c2ccc(NC(=S)Nc3cccc(Cl)c3)c(OC)c2)cc1. The average molecular weight is 478 g/mol. The molecule has 3 N–H and O–H groups in total. The molecule has 31 heavy (non-hydrogen) atoms. The molecular formula is C21H20ClN3O4S2. The summed E-state index contributed by atoms with van der Waals surface area (Å²) in [6, 6.07) is 18.1. The van der Waals surface area contributed by atoms with E-state index >= 15 is 0 Å². The molecule has 0 aromatic heterocycles. The van der Waals surface area contributed by atoms with Crippen LogP contribution in [0.5, 0.6) is 11.5 Å². The summed E-state index contributed by atoms with van der Waals surface area (Å²) in [5, 5.41) is 6.87. The second kappa shape index (κ2) is 9.86. The summed E-state index contributed by atoms with van der Waals surface area (Å²) in [6.07, 6.45) is 0. The molecule has 0 atom stereocenters. The van der Waals surface area contributed by atoms with E-state index in [1.807, 2.05) is 6.07 Å². The van der Waals surface area contributed by atoms with Gasteiger partial charge in [-0.15, -0.1) is 0 Å². The highest BCUT2D eigenvalue weighted by atomic mass is 35.5. The number of methoxy groups -OCH3 is 2. The smallest absolute Gasteiger partial charge is 0.262 e. The van der Waals surface area contributed by atoms with Gasteiger partial charge in [-0.3, -0.25) is 4.72 Å². The number of thiocarbonyl (C=S) groups is 1. The number of nitrogens with one attached hydrogen (secondary N) is 3. The molecular weight excluding hydrogens is 458 g/mol. The minimum absolute atomic E-state index is 0.0411. The fourth-order valence-corrected chi connectivity index (χ4v) is 4.16. The highest BCUT2D eigenvalue weighted by Crippen LogP contribution is 2.29. The first-order valence-corrected chi connectivity index (χ1v) is 11.3. The van der Waals surface area contributed by atoms with Crippen molar-refractivity contribution in [2.75, 3.05) is 29.6 Å². The van der Waals surface area contributed by atoms with Crippen molar-refractivity contribution in [3.05, 3.63) is 71.8 Å². The molecule has 0 aliphatic heterocycles. The lowest BCUT2D eigenvalue weighted by atomic mass is 10.3. The fraction of sp³-hybridized carbons (Fsp3) is 0.0952. The first-order chi connectivity index (χ1) is 14.8. The van der Waals surface area contributed by atoms with Gasteiger partial charge >= 0.3 is 0 Å². The third kappa shape index (κ3) is 6.00. The molecule has 0 bridgehead atoms. The van der Waals surface area contributed by atoms with E-state index in [1.54, 1.807) is 48.5 Å². The molecule has 0 unspecified atom stereocenters. The van der Waals surface area contributed by atoms with Gasteiger partial charge in [-0.25, -0.2) is 8.42 Å². The van der Waals surface area contributed by atoms with Crippen LogP contribution in [0, 0.1) is 0 Å². The van der Waals surface area contributed by atoms with Gasteiger partial charge in [0.25, 0.3) is 10.0 Å². The van der Waals surface area contributed by atoms with Gasteiger partial charge in [0, 0.05) is 22.5 Å². The van der Waals surface area contributed by atoms with Crippen molar-refractivity contribution in [3.63, 3.8) is 0 Å². The van der Waals surface area contributed by atoms with Crippen molar-refractivity contribution >= 4 is 56.0 Å². The summed E-state index contributed by atoms with van der Waals surface area (Å²) in [7, 11) is -0.841. The minimum Gasteiger partial charge on any atom is -0.497 e. The molecule has 162 valence electrons. The van der Waals surface area contributed by atoms with Crippen LogP contribution in [0.15, 0.2) is 71.6 Å². The number of hydrogen-bond donors (Lipinski definition) is 3. The molecule has 0 saturated carbocycles. The van der Waals surface area contributed by atoms with E-state index in [4.69, 9.17) is 33.3 Å². The van der Waals surface area contributed by atoms with Gasteiger partial charge in [0.05, 0.1) is 24.8 Å². The number of sulfonamides is 1. The summed E-state index contributed by atoms with van der Waals surface area (Å²) >= 11 is 11.3. The lowest BCUT2D eigenvalue weighted by molar-refractivity contribution is 0.415. The standard InChI is InChI=1S/C21H20ClN3O4S2/c1-28-17-8-6-15(7-9-17)25-31(26,27)18-10-11-19(20(13-18)29-2)24-21(30)23-16-5-3-4-14(22)12-16/h3-13,25H,1-2H3,(H2,23,24,30). The van der Waals surface area contributed by atoms with Crippen LogP contribution in [-0.4, -0.2) is 27.7 Å². The van der Waals surface area contributed by atoms with Crippen LogP contribution in [-0.2, 0) is 10.0 Å². The van der Waals surface area contributed by atoms with Crippen LogP contribution in [0.25, 0.3) is 0 Å². The summed E-state index contributed by atoms with van der Waals surface area (Å²) in [5.41, 5.74) is 1.63. The third-order valence-corrected chi connectivity index (χ3v) is 5.97. The molecule has 3 aromatic carbocycles. The van der Waals surface area contributed by atoms with Crippen LogP contribution < -0.4 is 24.8 Å². The molecule has 3 rings (SSSR count). The summed E-state index contributed by atoms with van der Waals surface area (Å²) in [5.74, 6) is 0.940. The summed E-state index contributed by atoms with van der Waals surface area (Å²) < 4.78 is 38.5. The van der Waals surface area contributed by atoms with E-state index in [0.29, 0.717) is 38.7 Å². The molecule has 0 radical (unpaired) electrons. The molecule has 0 saturated heterocycles. The highest BCUT2D eigenvalue weighted by molar-refractivity contribution is 7.92. The number of rotatable bonds is 7. The molecule has 0 fully saturated rings. The molecule has 3 aromatic rings. The van der Waals surface area contributed by atoms with Gasteiger partial charge in [0.1, 0.15) is 11.5 Å². The fourth-order valence-electron chi connectivity index (χ4n) is 2.67. The van der Waals surface area contributed by atoms with Gasteiger partial charge < -0.3 is 20.1 Å². The predicted molar refractivity (Wildman–Crippen MR) is 128 cm³/mol. The van der Waals surface area contributed by atoms with Crippen LogP contribution >= 0.6 is 23.8 Å². The Hall–Kier alpha value is -3.01. The van der Waals surface area contributed by atoms with Crippen molar-refractivity contribution in [3.8, 4) is 11.5 Å². The van der Waals surface area contributed by atoms with Crippen LogP contribution in [0.4, 0.5) is 17.1 Å². The second-order valence-electron chi connectivity index (χ2n) is 6.29. The van der Waals surface area contributed by atoms with Crippen molar-refractivity contribution < 1.29 is 17.9 Å². The Morgan fingerprint density at radius 3 is 2.29 bits per heavy atom. The van der Waals surface area contributed by atoms with Crippen LogP contribution in [0.3, 0.4) is 0 Å². The number of anilines is 3. The number of benzene rings is 3. The molecule has 10 heteroatoms. The van der Waals surface area contributed by atoms with Gasteiger partial charge in [-0.1, -0.05) is 17.7 Å². The van der Waals surface area contributed by atoms with Gasteiger partial charge in [-0.05, 0) is 66.8 Å². The van der Waals surface area contributed by atoms with Crippen molar-refractivity contribution in [2.24, 2.45) is 0 Å². The molecule has 0 heterocycles. The summed E-state index contributed by atoms with van der Waals surface area (Å²) in [6.45, 7) is 0. The zero-order chi connectivity index (χ0) is 22.4. The van der Waals surface area contributed by atoms with E-state index in [0.717, 1.165) is 0 Å². The molecule has 0 amide bonds. The summed E-state index contributed by atoms with van der Waals surface area (Å²) in [4.78, 5) is 0.0411. The highest BCUT2D eigenvalue weighted by Gasteiger charge is 2.17. The second-order valence-corrected chi connectivity index (χ2v) is 8.81. The van der Waals surface area contributed by atoms with Crippen LogP contribution in [0.1, 0.15) is 0 Å². The van der Waals surface area contributed by atoms with E-state index in [-0.39, 0.29) is 4.90 Å². The van der Waals surface area contributed by atoms with Gasteiger partial charge in [-0.2, -0.15) is 0 Å². The van der Waals surface area contributed by atoms with Gasteiger partial charge in [0.2, 0.25) is 0 Å². The Labute approximate surface area is 191 Å². The van der Waals surface area contributed by atoms with E-state index in [9.17, 15) is 8.42 Å². The number of hydrogen-bond acceptors (Lipinski definition) is 5. The quantitative estimate of drug-likeness (QED) is 0.414. The zero-order valence-corrected chi connectivity index (χ0v) is 19.1. The van der Waals surface area contributed by atoms with Crippen molar-refractivity contribution in [1.82, 2.24) is 0 Å². The maximum Gasteiger partial charge on any atom is 0.262 e. The zero-order valence-electron chi connectivity index (χ0n) is 16.7. The van der Waals surface area contributed by atoms with E-state index < -0.39 is 10.0 Å². The van der Waals surface area contributed by atoms with E-state index in [2.05, 4.69) is 15.4 Å². The maximum atomic E-state index is 12.8. The Bertz CT molecular complexity index is 1190. The molecule has 0 aliphatic rings. The Morgan fingerprint density at radius 2 is 1.65 bits per heavy atom. The lowest BCUT2D eigenvalue weighted by Gasteiger charge is -2.15. The Balaban J connectivity index is 1.75. The third-order valence-electron chi connectivity index (χ3n) is 4.16.